The maximum atomic E-state index is 11.9. The molecule has 21 heavy (non-hydrogen) atoms. The van der Waals surface area contributed by atoms with Gasteiger partial charge in [-0.05, 0) is 24.3 Å². The molecule has 0 aromatic carbocycles. The summed E-state index contributed by atoms with van der Waals surface area (Å²) < 4.78 is 2.56. The van der Waals surface area contributed by atoms with Gasteiger partial charge in [-0.2, -0.15) is 0 Å². The highest BCUT2D eigenvalue weighted by atomic mass is 35.5. The van der Waals surface area contributed by atoms with Gasteiger partial charge in [0.15, 0.2) is 5.65 Å². The maximum absolute atomic E-state index is 11.9. The van der Waals surface area contributed by atoms with Crippen LogP contribution in [0.4, 0.5) is 0 Å². The first-order valence-electron chi connectivity index (χ1n) is 6.45. The first-order chi connectivity index (χ1) is 10.1. The lowest BCUT2D eigenvalue weighted by molar-refractivity contribution is 0.0958. The van der Waals surface area contributed by atoms with Crippen LogP contribution in [0, 0.1) is 0 Å². The SMILES string of the molecule is Cn1c(CCNC(=O)c2ccc(Cl)s2)nc2cccnc21. The number of pyridine rings is 1. The molecule has 1 amide bonds. The second-order valence-electron chi connectivity index (χ2n) is 4.54. The van der Waals surface area contributed by atoms with E-state index in [1.54, 1.807) is 18.3 Å². The number of hydrogen-bond donors (Lipinski definition) is 1. The number of carbonyl (C=O) groups excluding carboxylic acids is 1. The van der Waals surface area contributed by atoms with E-state index in [2.05, 4.69) is 15.3 Å². The molecule has 0 saturated carbocycles. The number of imidazole rings is 1. The summed E-state index contributed by atoms with van der Waals surface area (Å²) in [5.74, 6) is 0.789. The highest BCUT2D eigenvalue weighted by Crippen LogP contribution is 2.21. The number of amides is 1. The number of halogens is 1. The summed E-state index contributed by atoms with van der Waals surface area (Å²) in [5.41, 5.74) is 1.72. The second-order valence-corrected chi connectivity index (χ2v) is 6.26. The van der Waals surface area contributed by atoms with Crippen molar-refractivity contribution in [2.24, 2.45) is 7.05 Å². The van der Waals surface area contributed by atoms with E-state index in [0.29, 0.717) is 22.2 Å². The molecule has 0 saturated heterocycles. The molecule has 0 radical (unpaired) electrons. The lowest BCUT2D eigenvalue weighted by Gasteiger charge is -2.04. The van der Waals surface area contributed by atoms with Gasteiger partial charge < -0.3 is 9.88 Å². The summed E-state index contributed by atoms with van der Waals surface area (Å²) in [6.07, 6.45) is 2.40. The molecule has 0 spiro atoms. The quantitative estimate of drug-likeness (QED) is 0.804. The Morgan fingerprint density at radius 1 is 1.43 bits per heavy atom. The largest absolute Gasteiger partial charge is 0.351 e. The third-order valence-corrected chi connectivity index (χ3v) is 4.38. The zero-order chi connectivity index (χ0) is 14.8. The molecular weight excluding hydrogens is 308 g/mol. The summed E-state index contributed by atoms with van der Waals surface area (Å²) in [5, 5.41) is 2.87. The van der Waals surface area contributed by atoms with Crippen LogP contribution in [0.15, 0.2) is 30.5 Å². The Morgan fingerprint density at radius 3 is 3.00 bits per heavy atom. The Bertz CT molecular complexity index is 795. The molecule has 3 heterocycles. The van der Waals surface area contributed by atoms with Crippen LogP contribution in [0.25, 0.3) is 11.2 Å². The van der Waals surface area contributed by atoms with Crippen molar-refractivity contribution in [2.45, 2.75) is 6.42 Å². The van der Waals surface area contributed by atoms with Crippen LogP contribution in [0.5, 0.6) is 0 Å². The van der Waals surface area contributed by atoms with Crippen LogP contribution in [-0.4, -0.2) is 27.0 Å². The summed E-state index contributed by atoms with van der Waals surface area (Å²) in [6, 6.07) is 7.24. The van der Waals surface area contributed by atoms with Crippen LogP contribution in [0.3, 0.4) is 0 Å². The van der Waals surface area contributed by atoms with Crippen molar-refractivity contribution in [2.75, 3.05) is 6.54 Å². The Kier molecular flexibility index (Phi) is 3.90. The average molecular weight is 321 g/mol. The molecule has 0 bridgehead atoms. The van der Waals surface area contributed by atoms with Gasteiger partial charge in [0.2, 0.25) is 0 Å². The number of aromatic nitrogens is 3. The van der Waals surface area contributed by atoms with Gasteiger partial charge >= 0.3 is 0 Å². The number of nitrogens with zero attached hydrogens (tertiary/aromatic N) is 3. The van der Waals surface area contributed by atoms with Gasteiger partial charge in [0.05, 0.1) is 9.21 Å². The molecule has 5 nitrogen and oxygen atoms in total. The maximum Gasteiger partial charge on any atom is 0.261 e. The lowest BCUT2D eigenvalue weighted by atomic mass is 10.3. The van der Waals surface area contributed by atoms with Gasteiger partial charge in [0.1, 0.15) is 11.3 Å². The van der Waals surface area contributed by atoms with Crippen LogP contribution in [0.2, 0.25) is 4.34 Å². The molecule has 0 fully saturated rings. The average Bonchev–Trinajstić information content (AvgIpc) is 3.04. The van der Waals surface area contributed by atoms with Gasteiger partial charge in [-0.1, -0.05) is 11.6 Å². The summed E-state index contributed by atoms with van der Waals surface area (Å²) in [7, 11) is 1.93. The van der Waals surface area contributed by atoms with E-state index in [-0.39, 0.29) is 5.91 Å². The smallest absolute Gasteiger partial charge is 0.261 e. The molecule has 3 aromatic rings. The lowest BCUT2D eigenvalue weighted by Crippen LogP contribution is -2.25. The van der Waals surface area contributed by atoms with Gasteiger partial charge in [-0.15, -0.1) is 11.3 Å². The van der Waals surface area contributed by atoms with Crippen molar-refractivity contribution >= 4 is 40.0 Å². The van der Waals surface area contributed by atoms with Crippen molar-refractivity contribution in [3.63, 3.8) is 0 Å². The minimum atomic E-state index is -0.108. The number of rotatable bonds is 4. The van der Waals surface area contributed by atoms with E-state index in [1.165, 1.54) is 11.3 Å². The Labute approximate surface area is 130 Å². The van der Waals surface area contributed by atoms with Gasteiger partial charge in [-0.25, -0.2) is 9.97 Å². The Hall–Kier alpha value is -1.92. The Balaban J connectivity index is 1.64. The molecule has 0 aliphatic heterocycles. The third kappa shape index (κ3) is 2.91. The summed E-state index contributed by atoms with van der Waals surface area (Å²) in [4.78, 5) is 21.3. The first-order valence-corrected chi connectivity index (χ1v) is 7.64. The second kappa shape index (κ2) is 5.83. The summed E-state index contributed by atoms with van der Waals surface area (Å²) in [6.45, 7) is 0.519. The predicted molar refractivity (Wildman–Crippen MR) is 83.9 cm³/mol. The van der Waals surface area contributed by atoms with Crippen molar-refractivity contribution < 1.29 is 4.79 Å². The fourth-order valence-electron chi connectivity index (χ4n) is 2.11. The third-order valence-electron chi connectivity index (χ3n) is 3.15. The number of nitrogens with one attached hydrogen (secondary N) is 1. The fourth-order valence-corrected chi connectivity index (χ4v) is 3.06. The molecule has 0 aliphatic carbocycles. The highest BCUT2D eigenvalue weighted by molar-refractivity contribution is 7.17. The monoisotopic (exact) mass is 320 g/mol. The van der Waals surface area contributed by atoms with E-state index in [1.807, 2.05) is 23.7 Å². The van der Waals surface area contributed by atoms with E-state index in [9.17, 15) is 4.79 Å². The van der Waals surface area contributed by atoms with Crippen molar-refractivity contribution in [1.29, 1.82) is 0 Å². The van der Waals surface area contributed by atoms with E-state index in [4.69, 9.17) is 11.6 Å². The van der Waals surface area contributed by atoms with Crippen LogP contribution >= 0.6 is 22.9 Å². The van der Waals surface area contributed by atoms with E-state index < -0.39 is 0 Å². The molecular formula is C14H13ClN4OS. The van der Waals surface area contributed by atoms with Gasteiger partial charge in [-0.3, -0.25) is 4.79 Å². The normalized spacial score (nSPS) is 11.0. The van der Waals surface area contributed by atoms with E-state index in [0.717, 1.165) is 17.0 Å². The molecule has 0 aliphatic rings. The topological polar surface area (TPSA) is 59.8 Å². The molecule has 3 aromatic heterocycles. The zero-order valence-electron chi connectivity index (χ0n) is 11.3. The molecule has 3 rings (SSSR count). The molecule has 7 heteroatoms. The minimum absolute atomic E-state index is 0.108. The van der Waals surface area contributed by atoms with Crippen LogP contribution in [-0.2, 0) is 13.5 Å². The standard InChI is InChI=1S/C14H13ClN4OS/c1-19-12(18-9-3-2-7-16-13(9)19)6-8-17-14(20)10-4-5-11(15)21-10/h2-5,7H,6,8H2,1H3,(H,17,20). The Morgan fingerprint density at radius 2 is 2.29 bits per heavy atom. The fraction of sp³-hybridized carbons (Fsp3) is 0.214. The molecule has 108 valence electrons. The number of hydrogen-bond acceptors (Lipinski definition) is 4. The number of thiophene rings is 1. The molecule has 1 N–H and O–H groups in total. The van der Waals surface area contributed by atoms with Crippen molar-refractivity contribution in [1.82, 2.24) is 19.9 Å². The molecule has 0 unspecified atom stereocenters. The number of aryl methyl sites for hydroxylation is 1. The molecule has 0 atom stereocenters. The van der Waals surface area contributed by atoms with E-state index >= 15 is 0 Å². The first kappa shape index (κ1) is 14.0. The van der Waals surface area contributed by atoms with Gasteiger partial charge in [0.25, 0.3) is 5.91 Å². The van der Waals surface area contributed by atoms with Gasteiger partial charge in [0, 0.05) is 26.2 Å². The summed E-state index contributed by atoms with van der Waals surface area (Å²) >= 11 is 7.09. The zero-order valence-corrected chi connectivity index (χ0v) is 12.9. The van der Waals surface area contributed by atoms with Crippen molar-refractivity contribution in [3.05, 3.63) is 45.5 Å². The predicted octanol–water partition coefficient (Wildman–Crippen LogP) is 2.66. The number of carbonyl (C=O) groups is 1. The number of fused-ring (bicyclic) bond motifs is 1. The van der Waals surface area contributed by atoms with Crippen LogP contribution < -0.4 is 5.32 Å². The highest BCUT2D eigenvalue weighted by Gasteiger charge is 2.10. The van der Waals surface area contributed by atoms with Crippen molar-refractivity contribution in [3.8, 4) is 0 Å². The minimum Gasteiger partial charge on any atom is -0.351 e. The van der Waals surface area contributed by atoms with Crippen LogP contribution in [0.1, 0.15) is 15.5 Å².